The fourth-order valence-corrected chi connectivity index (χ4v) is 2.69. The van der Waals surface area contributed by atoms with Gasteiger partial charge in [-0.2, -0.15) is 0 Å². The van der Waals surface area contributed by atoms with E-state index in [-0.39, 0.29) is 0 Å². The van der Waals surface area contributed by atoms with Crippen molar-refractivity contribution in [2.75, 3.05) is 7.05 Å². The van der Waals surface area contributed by atoms with Crippen LogP contribution in [0.25, 0.3) is 0 Å². The van der Waals surface area contributed by atoms with Crippen LogP contribution < -0.4 is 10.1 Å². The van der Waals surface area contributed by atoms with Gasteiger partial charge in [0.2, 0.25) is 0 Å². The normalized spacial score (nSPS) is 23.2. The fourth-order valence-electron chi connectivity index (χ4n) is 2.69. The number of unbranched alkanes of at least 4 members (excludes halogenated alkanes) is 1. The van der Waals surface area contributed by atoms with E-state index in [1.807, 2.05) is 7.05 Å². The van der Waals surface area contributed by atoms with Gasteiger partial charge in [-0.3, -0.25) is 0 Å². The second-order valence-corrected chi connectivity index (χ2v) is 5.23. The van der Waals surface area contributed by atoms with E-state index in [2.05, 4.69) is 36.5 Å². The Labute approximate surface area is 111 Å². The van der Waals surface area contributed by atoms with Gasteiger partial charge < -0.3 is 10.1 Å². The van der Waals surface area contributed by atoms with Crippen molar-refractivity contribution in [3.63, 3.8) is 0 Å². The van der Waals surface area contributed by atoms with Crippen molar-refractivity contribution < 1.29 is 4.74 Å². The number of ether oxygens (including phenoxy) is 1. The summed E-state index contributed by atoms with van der Waals surface area (Å²) in [5, 5.41) is 3.35. The zero-order valence-electron chi connectivity index (χ0n) is 11.6. The monoisotopic (exact) mass is 247 g/mol. The van der Waals surface area contributed by atoms with Gasteiger partial charge in [0.1, 0.15) is 11.9 Å². The highest BCUT2D eigenvalue weighted by atomic mass is 16.5. The molecule has 1 aliphatic rings. The molecular formula is C16H25NO. The zero-order chi connectivity index (χ0) is 12.8. The Hall–Kier alpha value is -1.02. The van der Waals surface area contributed by atoms with Gasteiger partial charge in [-0.15, -0.1) is 0 Å². The highest BCUT2D eigenvalue weighted by Gasteiger charge is 2.27. The van der Waals surface area contributed by atoms with Gasteiger partial charge in [0.05, 0.1) is 0 Å². The van der Waals surface area contributed by atoms with Gasteiger partial charge in [-0.1, -0.05) is 25.5 Å². The molecule has 2 rings (SSSR count). The Bertz CT molecular complexity index is 347. The van der Waals surface area contributed by atoms with Crippen LogP contribution in [0, 0.1) is 0 Å². The first-order valence-electron chi connectivity index (χ1n) is 7.26. The molecule has 0 spiro atoms. The average Bonchev–Trinajstić information content (AvgIpc) is 2.85. The third-order valence-electron chi connectivity index (χ3n) is 3.85. The van der Waals surface area contributed by atoms with E-state index in [4.69, 9.17) is 4.74 Å². The van der Waals surface area contributed by atoms with E-state index in [0.29, 0.717) is 12.1 Å². The maximum absolute atomic E-state index is 6.08. The molecule has 0 aliphatic heterocycles. The average molecular weight is 247 g/mol. The molecular weight excluding hydrogens is 222 g/mol. The van der Waals surface area contributed by atoms with E-state index in [0.717, 1.165) is 5.75 Å². The van der Waals surface area contributed by atoms with Gasteiger partial charge in [0.25, 0.3) is 0 Å². The number of hydrogen-bond donors (Lipinski definition) is 1. The minimum Gasteiger partial charge on any atom is -0.489 e. The summed E-state index contributed by atoms with van der Waals surface area (Å²) in [6.45, 7) is 2.23. The van der Waals surface area contributed by atoms with Crippen molar-refractivity contribution in [1.29, 1.82) is 0 Å². The summed E-state index contributed by atoms with van der Waals surface area (Å²) in [7, 11) is 2.03. The first-order chi connectivity index (χ1) is 8.83. The third-order valence-corrected chi connectivity index (χ3v) is 3.85. The van der Waals surface area contributed by atoms with Gasteiger partial charge >= 0.3 is 0 Å². The minimum absolute atomic E-state index is 0.344. The molecule has 0 saturated heterocycles. The van der Waals surface area contributed by atoms with Crippen LogP contribution in [0.1, 0.15) is 44.6 Å². The molecule has 2 unspecified atom stereocenters. The molecule has 0 aromatic heterocycles. The molecule has 2 nitrogen and oxygen atoms in total. The lowest BCUT2D eigenvalue weighted by Crippen LogP contribution is -2.36. The number of nitrogens with one attached hydrogen (secondary N) is 1. The molecule has 0 amide bonds. The molecule has 1 aromatic carbocycles. The minimum atomic E-state index is 0.344. The molecule has 1 fully saturated rings. The standard InChI is InChI=1S/C16H25NO/c1-3-4-6-13-9-11-14(12-10-13)18-16-8-5-7-15(16)17-2/h9-12,15-17H,3-8H2,1-2H3. The molecule has 2 heteroatoms. The van der Waals surface area contributed by atoms with E-state index >= 15 is 0 Å². The van der Waals surface area contributed by atoms with Crippen LogP contribution in [0.15, 0.2) is 24.3 Å². The van der Waals surface area contributed by atoms with Crippen LogP contribution in [-0.2, 0) is 6.42 Å². The molecule has 0 bridgehead atoms. The van der Waals surface area contributed by atoms with Crippen LogP contribution in [0.2, 0.25) is 0 Å². The topological polar surface area (TPSA) is 21.3 Å². The summed E-state index contributed by atoms with van der Waals surface area (Å²) >= 11 is 0. The fraction of sp³-hybridized carbons (Fsp3) is 0.625. The Balaban J connectivity index is 1.89. The van der Waals surface area contributed by atoms with Gasteiger partial charge in [0, 0.05) is 6.04 Å². The SMILES string of the molecule is CCCCc1ccc(OC2CCCC2NC)cc1. The Morgan fingerprint density at radius 3 is 2.67 bits per heavy atom. The van der Waals surface area contributed by atoms with E-state index in [1.54, 1.807) is 0 Å². The summed E-state index contributed by atoms with van der Waals surface area (Å²) in [6.07, 6.45) is 7.72. The zero-order valence-corrected chi connectivity index (χ0v) is 11.6. The van der Waals surface area contributed by atoms with Crippen LogP contribution in [0.4, 0.5) is 0 Å². The predicted molar refractivity (Wildman–Crippen MR) is 76.2 cm³/mol. The van der Waals surface area contributed by atoms with E-state index < -0.39 is 0 Å². The molecule has 1 N–H and O–H groups in total. The van der Waals surface area contributed by atoms with Crippen LogP contribution in [0.5, 0.6) is 5.75 Å². The van der Waals surface area contributed by atoms with Crippen molar-refractivity contribution in [1.82, 2.24) is 5.32 Å². The lowest BCUT2D eigenvalue weighted by atomic mass is 10.1. The molecule has 0 radical (unpaired) electrons. The van der Waals surface area contributed by atoms with Crippen molar-refractivity contribution >= 4 is 0 Å². The van der Waals surface area contributed by atoms with Crippen molar-refractivity contribution in [2.45, 2.75) is 57.6 Å². The van der Waals surface area contributed by atoms with Crippen molar-refractivity contribution in [3.8, 4) is 5.75 Å². The molecule has 2 atom stereocenters. The number of likely N-dealkylation sites (N-methyl/N-ethyl adjacent to an activating group) is 1. The molecule has 1 saturated carbocycles. The number of rotatable bonds is 6. The molecule has 1 aromatic rings. The van der Waals surface area contributed by atoms with Crippen LogP contribution in [0.3, 0.4) is 0 Å². The molecule has 1 aliphatic carbocycles. The number of benzene rings is 1. The lowest BCUT2D eigenvalue weighted by Gasteiger charge is -2.20. The quantitative estimate of drug-likeness (QED) is 0.830. The first-order valence-corrected chi connectivity index (χ1v) is 7.26. The summed E-state index contributed by atoms with van der Waals surface area (Å²) in [4.78, 5) is 0. The van der Waals surface area contributed by atoms with Crippen LogP contribution >= 0.6 is 0 Å². The van der Waals surface area contributed by atoms with Gasteiger partial charge in [-0.05, 0) is 56.8 Å². The number of hydrogen-bond acceptors (Lipinski definition) is 2. The number of aryl methyl sites for hydroxylation is 1. The maximum atomic E-state index is 6.08. The Morgan fingerprint density at radius 2 is 2.00 bits per heavy atom. The van der Waals surface area contributed by atoms with Crippen molar-refractivity contribution in [3.05, 3.63) is 29.8 Å². The summed E-state index contributed by atoms with van der Waals surface area (Å²) < 4.78 is 6.08. The van der Waals surface area contributed by atoms with Gasteiger partial charge in [-0.25, -0.2) is 0 Å². The van der Waals surface area contributed by atoms with Crippen molar-refractivity contribution in [2.24, 2.45) is 0 Å². The Kier molecular flexibility index (Phi) is 5.06. The summed E-state index contributed by atoms with van der Waals surface area (Å²) in [6, 6.07) is 9.17. The van der Waals surface area contributed by atoms with Gasteiger partial charge in [0.15, 0.2) is 0 Å². The second-order valence-electron chi connectivity index (χ2n) is 5.23. The first kappa shape index (κ1) is 13.4. The summed E-state index contributed by atoms with van der Waals surface area (Å²) in [5.41, 5.74) is 1.42. The largest absolute Gasteiger partial charge is 0.489 e. The smallest absolute Gasteiger partial charge is 0.119 e. The van der Waals surface area contributed by atoms with E-state index in [9.17, 15) is 0 Å². The predicted octanol–water partition coefficient (Wildman–Crippen LogP) is 3.55. The second kappa shape index (κ2) is 6.79. The Morgan fingerprint density at radius 1 is 1.22 bits per heavy atom. The van der Waals surface area contributed by atoms with Crippen LogP contribution in [-0.4, -0.2) is 19.2 Å². The maximum Gasteiger partial charge on any atom is 0.119 e. The highest BCUT2D eigenvalue weighted by molar-refractivity contribution is 5.27. The molecule has 18 heavy (non-hydrogen) atoms. The van der Waals surface area contributed by atoms with E-state index in [1.165, 1.54) is 44.1 Å². The highest BCUT2D eigenvalue weighted by Crippen LogP contribution is 2.25. The third kappa shape index (κ3) is 3.49. The lowest BCUT2D eigenvalue weighted by molar-refractivity contribution is 0.179. The summed E-state index contributed by atoms with van der Waals surface area (Å²) in [5.74, 6) is 1.02. The molecule has 100 valence electrons. The molecule has 0 heterocycles.